The molecule has 2 atom stereocenters. The Morgan fingerprint density at radius 2 is 1.95 bits per heavy atom. The van der Waals surface area contributed by atoms with Crippen LogP contribution in [0.5, 0.6) is 0 Å². The number of hydrogen-bond acceptors (Lipinski definition) is 6. The van der Waals surface area contributed by atoms with Crippen molar-refractivity contribution in [2.24, 2.45) is 5.92 Å². The summed E-state index contributed by atoms with van der Waals surface area (Å²) < 4.78 is 38.6. The number of carbonyl (C=O) groups excluding carboxylic acids is 1. The van der Waals surface area contributed by atoms with Crippen molar-refractivity contribution in [2.45, 2.75) is 24.6 Å². The summed E-state index contributed by atoms with van der Waals surface area (Å²) in [5.41, 5.74) is 11.4. The van der Waals surface area contributed by atoms with Gasteiger partial charge in [0.15, 0.2) is 0 Å². The Kier molecular flexibility index (Phi) is 5.41. The van der Waals surface area contributed by atoms with Crippen LogP contribution in [0.2, 0.25) is 0 Å². The molecule has 0 radical (unpaired) electrons. The Morgan fingerprint density at radius 1 is 1.19 bits per heavy atom. The molecule has 0 bridgehead atoms. The molecule has 6 rings (SSSR count). The second-order valence-corrected chi connectivity index (χ2v) is 10.3. The lowest BCUT2D eigenvalue weighted by Gasteiger charge is -2.31. The number of nitrogens with one attached hydrogen (secondary N) is 1. The number of nitrogens with zero attached hydrogens (tertiary/aromatic N) is 4. The lowest BCUT2D eigenvalue weighted by atomic mass is 9.96. The summed E-state index contributed by atoms with van der Waals surface area (Å²) in [6.45, 7) is 0.650. The van der Waals surface area contributed by atoms with Gasteiger partial charge >= 0.3 is 6.18 Å². The molecular formula is C27H27F3N6O. The van der Waals surface area contributed by atoms with Gasteiger partial charge in [0.2, 0.25) is 0 Å². The second-order valence-electron chi connectivity index (χ2n) is 10.3. The summed E-state index contributed by atoms with van der Waals surface area (Å²) in [7, 11) is 1.96. The molecule has 2 aromatic carbocycles. The zero-order valence-corrected chi connectivity index (χ0v) is 20.3. The van der Waals surface area contributed by atoms with E-state index in [1.54, 1.807) is 12.3 Å². The van der Waals surface area contributed by atoms with E-state index >= 15 is 0 Å². The number of nitrogen functional groups attached to an aromatic ring is 1. The van der Waals surface area contributed by atoms with E-state index in [1.165, 1.54) is 4.90 Å². The molecule has 7 nitrogen and oxygen atoms in total. The van der Waals surface area contributed by atoms with E-state index in [1.807, 2.05) is 43.4 Å². The molecule has 0 spiro atoms. The van der Waals surface area contributed by atoms with Gasteiger partial charge in [-0.25, -0.2) is 9.97 Å². The molecule has 2 fully saturated rings. The van der Waals surface area contributed by atoms with Crippen LogP contribution in [0.1, 0.15) is 22.3 Å². The van der Waals surface area contributed by atoms with Gasteiger partial charge in [-0.3, -0.25) is 9.69 Å². The van der Waals surface area contributed by atoms with E-state index in [0.717, 1.165) is 35.2 Å². The maximum absolute atomic E-state index is 12.9. The third-order valence-electron chi connectivity index (χ3n) is 7.90. The molecule has 2 unspecified atom stereocenters. The number of alkyl halides is 3. The van der Waals surface area contributed by atoms with Crippen LogP contribution < -0.4 is 16.0 Å². The molecule has 10 heteroatoms. The van der Waals surface area contributed by atoms with E-state index in [9.17, 15) is 18.0 Å². The van der Waals surface area contributed by atoms with Gasteiger partial charge in [0.25, 0.3) is 5.91 Å². The van der Waals surface area contributed by atoms with Crippen molar-refractivity contribution in [3.05, 3.63) is 59.8 Å². The largest absolute Gasteiger partial charge is 0.401 e. The molecule has 3 aliphatic rings. The van der Waals surface area contributed by atoms with Crippen LogP contribution in [0.3, 0.4) is 0 Å². The standard InChI is InChI=1S/C27H27F3N6O/c1-35(26-11-19(26)13-36(14-26)15-27(28,29)30)20-5-2-16(3-6-20)22-12-33-24(31)23(34-22)18-4-7-21-17(10-18)8-9-32-25(21)37/h2-7,10,12,19H,8-9,11,13-15H2,1H3,(H2,31,33)(H,32,37). The summed E-state index contributed by atoms with van der Waals surface area (Å²) >= 11 is 0. The number of aromatic nitrogens is 2. The highest BCUT2D eigenvalue weighted by Gasteiger charge is 2.63. The predicted octanol–water partition coefficient (Wildman–Crippen LogP) is 3.75. The van der Waals surface area contributed by atoms with Gasteiger partial charge in [-0.1, -0.05) is 18.2 Å². The number of likely N-dealkylation sites (N-methyl/N-ethyl adjacent to an activating group) is 1. The number of piperidine rings is 1. The van der Waals surface area contributed by atoms with E-state index < -0.39 is 12.7 Å². The number of hydrogen-bond donors (Lipinski definition) is 2. The van der Waals surface area contributed by atoms with Crippen LogP contribution >= 0.6 is 0 Å². The summed E-state index contributed by atoms with van der Waals surface area (Å²) in [6, 6.07) is 13.4. The van der Waals surface area contributed by atoms with Gasteiger partial charge in [0.05, 0.1) is 24.0 Å². The number of carbonyl (C=O) groups is 1. The lowest BCUT2D eigenvalue weighted by molar-refractivity contribution is -0.144. The van der Waals surface area contributed by atoms with Crippen LogP contribution in [0.4, 0.5) is 24.7 Å². The normalized spacial score (nSPS) is 22.8. The molecule has 3 N–H and O–H groups in total. The van der Waals surface area contributed by atoms with Crippen LogP contribution in [-0.4, -0.2) is 65.7 Å². The predicted molar refractivity (Wildman–Crippen MR) is 135 cm³/mol. The van der Waals surface area contributed by atoms with E-state index in [4.69, 9.17) is 10.7 Å². The van der Waals surface area contributed by atoms with Gasteiger partial charge in [0, 0.05) is 49.1 Å². The molecular weight excluding hydrogens is 481 g/mol. The van der Waals surface area contributed by atoms with Crippen molar-refractivity contribution in [1.29, 1.82) is 0 Å². The highest BCUT2D eigenvalue weighted by Crippen LogP contribution is 2.54. The first-order valence-electron chi connectivity index (χ1n) is 12.3. The molecule has 1 saturated carbocycles. The number of rotatable bonds is 5. The molecule has 1 aliphatic carbocycles. The average molecular weight is 509 g/mol. The van der Waals surface area contributed by atoms with Crippen molar-refractivity contribution < 1.29 is 18.0 Å². The fourth-order valence-electron chi connectivity index (χ4n) is 5.89. The minimum atomic E-state index is -4.18. The number of likely N-dealkylation sites (tertiary alicyclic amines) is 1. The third kappa shape index (κ3) is 4.29. The van der Waals surface area contributed by atoms with Gasteiger partial charge in [-0.05, 0) is 48.6 Å². The van der Waals surface area contributed by atoms with Crippen molar-refractivity contribution in [1.82, 2.24) is 20.2 Å². The van der Waals surface area contributed by atoms with Crippen molar-refractivity contribution in [3.63, 3.8) is 0 Å². The zero-order valence-electron chi connectivity index (χ0n) is 20.3. The Labute approximate surface area is 212 Å². The maximum Gasteiger partial charge on any atom is 0.401 e. The lowest BCUT2D eigenvalue weighted by Crippen LogP contribution is -2.42. The average Bonchev–Trinajstić information content (AvgIpc) is 3.44. The van der Waals surface area contributed by atoms with Gasteiger partial charge in [-0.15, -0.1) is 0 Å². The highest BCUT2D eigenvalue weighted by molar-refractivity contribution is 5.97. The minimum absolute atomic E-state index is 0.0756. The van der Waals surface area contributed by atoms with E-state index in [0.29, 0.717) is 42.4 Å². The topological polar surface area (TPSA) is 87.4 Å². The Bertz CT molecular complexity index is 1380. The Hall–Kier alpha value is -3.66. The number of nitrogens with two attached hydrogens (primary N) is 1. The fraction of sp³-hybridized carbons (Fsp3) is 0.370. The number of anilines is 2. The van der Waals surface area contributed by atoms with Crippen molar-refractivity contribution >= 4 is 17.4 Å². The summed E-state index contributed by atoms with van der Waals surface area (Å²) in [5, 5.41) is 2.84. The van der Waals surface area contributed by atoms with E-state index in [-0.39, 0.29) is 17.4 Å². The molecule has 3 aromatic rings. The fourth-order valence-corrected chi connectivity index (χ4v) is 5.89. The second kappa shape index (κ2) is 8.44. The summed E-state index contributed by atoms with van der Waals surface area (Å²) in [4.78, 5) is 24.9. The van der Waals surface area contributed by atoms with Gasteiger partial charge in [0.1, 0.15) is 11.5 Å². The first-order valence-corrected chi connectivity index (χ1v) is 12.3. The molecule has 1 saturated heterocycles. The van der Waals surface area contributed by atoms with E-state index in [2.05, 4.69) is 15.2 Å². The maximum atomic E-state index is 12.9. The SMILES string of the molecule is CN(c1ccc(-c2cnc(N)c(-c3ccc4c(c3)CCNC4=O)n2)cc1)C12CC1CN(CC(F)(F)F)C2. The molecule has 1 amide bonds. The minimum Gasteiger partial charge on any atom is -0.382 e. The molecule has 37 heavy (non-hydrogen) atoms. The molecule has 1 aromatic heterocycles. The molecule has 192 valence electrons. The number of fused-ring (bicyclic) bond motifs is 2. The quantitative estimate of drug-likeness (QED) is 0.546. The number of amides is 1. The number of halogens is 3. The van der Waals surface area contributed by atoms with Crippen molar-refractivity contribution in [2.75, 3.05) is 43.9 Å². The van der Waals surface area contributed by atoms with Gasteiger partial charge in [-0.2, -0.15) is 13.2 Å². The summed E-state index contributed by atoms with van der Waals surface area (Å²) in [6.07, 6.45) is -0.891. The zero-order chi connectivity index (χ0) is 25.9. The smallest absolute Gasteiger partial charge is 0.382 e. The highest BCUT2D eigenvalue weighted by atomic mass is 19.4. The van der Waals surface area contributed by atoms with Crippen LogP contribution in [-0.2, 0) is 6.42 Å². The first kappa shape index (κ1) is 23.7. The molecule has 2 aliphatic heterocycles. The van der Waals surface area contributed by atoms with Crippen molar-refractivity contribution in [3.8, 4) is 22.5 Å². The van der Waals surface area contributed by atoms with Crippen LogP contribution in [0.15, 0.2) is 48.7 Å². The van der Waals surface area contributed by atoms with Crippen LogP contribution in [0, 0.1) is 5.92 Å². The first-order chi connectivity index (χ1) is 17.6. The van der Waals surface area contributed by atoms with Crippen LogP contribution in [0.25, 0.3) is 22.5 Å². The number of benzene rings is 2. The Morgan fingerprint density at radius 3 is 2.70 bits per heavy atom. The summed E-state index contributed by atoms with van der Waals surface area (Å²) in [5.74, 6) is 0.491. The molecule has 3 heterocycles. The van der Waals surface area contributed by atoms with Gasteiger partial charge < -0.3 is 16.0 Å². The third-order valence-corrected chi connectivity index (χ3v) is 7.90. The Balaban J connectivity index is 1.22. The monoisotopic (exact) mass is 508 g/mol.